The van der Waals surface area contributed by atoms with E-state index in [9.17, 15) is 4.79 Å². The van der Waals surface area contributed by atoms with E-state index in [0.29, 0.717) is 47.0 Å². The Morgan fingerprint density at radius 3 is 2.90 bits per heavy atom. The fourth-order valence-corrected chi connectivity index (χ4v) is 3.90. The van der Waals surface area contributed by atoms with E-state index in [0.717, 1.165) is 18.4 Å². The molecule has 1 fully saturated rings. The number of hydrogen-bond donors (Lipinski definition) is 0. The van der Waals surface area contributed by atoms with E-state index in [1.165, 1.54) is 0 Å². The van der Waals surface area contributed by atoms with Crippen LogP contribution in [0.15, 0.2) is 46.9 Å². The number of aromatic nitrogens is 2. The Kier molecular flexibility index (Phi) is 4.60. The van der Waals surface area contributed by atoms with Gasteiger partial charge in [0.05, 0.1) is 5.92 Å². The van der Waals surface area contributed by atoms with Crippen molar-refractivity contribution >= 4 is 17.5 Å². The number of ether oxygens (including phenoxy) is 2. The van der Waals surface area contributed by atoms with Crippen LogP contribution in [-0.4, -0.2) is 40.9 Å². The standard InChI is InChI=1S/C21H18ClN3O4/c22-16-5-1-3-14(9-16)21(26)25-8-2-4-15(11-25)20-24-23-19(29-20)13-6-7-17-18(10-13)28-12-27-17/h1,3,5-7,9-10,15H,2,4,8,11-12H2/t15-/m0/s1. The van der Waals surface area contributed by atoms with Crippen LogP contribution in [0.3, 0.4) is 0 Å². The van der Waals surface area contributed by atoms with Gasteiger partial charge in [-0.05, 0) is 49.2 Å². The quantitative estimate of drug-likeness (QED) is 0.644. The van der Waals surface area contributed by atoms with E-state index >= 15 is 0 Å². The van der Waals surface area contributed by atoms with Gasteiger partial charge in [-0.2, -0.15) is 0 Å². The van der Waals surface area contributed by atoms with Gasteiger partial charge >= 0.3 is 0 Å². The molecule has 2 aliphatic heterocycles. The number of nitrogens with zero attached hydrogens (tertiary/aromatic N) is 3. The molecule has 29 heavy (non-hydrogen) atoms. The summed E-state index contributed by atoms with van der Waals surface area (Å²) in [6.07, 6.45) is 1.76. The van der Waals surface area contributed by atoms with Gasteiger partial charge in [-0.15, -0.1) is 10.2 Å². The van der Waals surface area contributed by atoms with Crippen molar-refractivity contribution in [2.45, 2.75) is 18.8 Å². The molecule has 1 amide bonds. The van der Waals surface area contributed by atoms with Crippen molar-refractivity contribution in [3.05, 3.63) is 58.9 Å². The van der Waals surface area contributed by atoms with Gasteiger partial charge in [0.25, 0.3) is 5.91 Å². The lowest BCUT2D eigenvalue weighted by Gasteiger charge is -2.31. The average Bonchev–Trinajstić information content (AvgIpc) is 3.42. The van der Waals surface area contributed by atoms with E-state index in [-0.39, 0.29) is 18.6 Å². The summed E-state index contributed by atoms with van der Waals surface area (Å²) in [6, 6.07) is 12.5. The van der Waals surface area contributed by atoms with Gasteiger partial charge in [-0.1, -0.05) is 17.7 Å². The molecule has 0 saturated carbocycles. The van der Waals surface area contributed by atoms with Crippen LogP contribution >= 0.6 is 11.6 Å². The predicted octanol–water partition coefficient (Wildman–Crippen LogP) is 4.14. The van der Waals surface area contributed by atoms with Gasteiger partial charge in [0.2, 0.25) is 18.6 Å². The number of amides is 1. The van der Waals surface area contributed by atoms with E-state index in [4.69, 9.17) is 25.5 Å². The summed E-state index contributed by atoms with van der Waals surface area (Å²) in [4.78, 5) is 14.7. The van der Waals surface area contributed by atoms with Crippen LogP contribution < -0.4 is 9.47 Å². The molecule has 1 atom stereocenters. The lowest BCUT2D eigenvalue weighted by molar-refractivity contribution is 0.0698. The van der Waals surface area contributed by atoms with Gasteiger partial charge in [0, 0.05) is 29.2 Å². The van der Waals surface area contributed by atoms with Crippen LogP contribution in [0.2, 0.25) is 5.02 Å². The molecule has 0 N–H and O–H groups in total. The maximum atomic E-state index is 12.8. The van der Waals surface area contributed by atoms with E-state index in [1.807, 2.05) is 23.1 Å². The van der Waals surface area contributed by atoms with Crippen LogP contribution in [-0.2, 0) is 0 Å². The summed E-state index contributed by atoms with van der Waals surface area (Å²) in [6.45, 7) is 1.45. The molecule has 0 unspecified atom stereocenters. The van der Waals surface area contributed by atoms with Crippen molar-refractivity contribution in [2.24, 2.45) is 0 Å². The number of carbonyl (C=O) groups excluding carboxylic acids is 1. The molecule has 0 aliphatic carbocycles. The molecule has 0 spiro atoms. The molecule has 0 radical (unpaired) electrons. The molecule has 3 heterocycles. The number of rotatable bonds is 3. The number of halogens is 1. The Labute approximate surface area is 172 Å². The number of piperidine rings is 1. The zero-order valence-electron chi connectivity index (χ0n) is 15.5. The van der Waals surface area contributed by atoms with E-state index in [2.05, 4.69) is 10.2 Å². The normalized spacial score (nSPS) is 18.1. The van der Waals surface area contributed by atoms with E-state index in [1.54, 1.807) is 24.3 Å². The second-order valence-electron chi connectivity index (χ2n) is 7.11. The maximum absolute atomic E-state index is 12.8. The largest absolute Gasteiger partial charge is 0.454 e. The van der Waals surface area contributed by atoms with E-state index < -0.39 is 0 Å². The Bertz CT molecular complexity index is 1070. The fourth-order valence-electron chi connectivity index (χ4n) is 3.71. The van der Waals surface area contributed by atoms with Crippen LogP contribution in [0.5, 0.6) is 11.5 Å². The zero-order valence-corrected chi connectivity index (χ0v) is 16.3. The Morgan fingerprint density at radius 1 is 1.10 bits per heavy atom. The second-order valence-corrected chi connectivity index (χ2v) is 7.55. The van der Waals surface area contributed by atoms with Crippen molar-refractivity contribution < 1.29 is 18.7 Å². The summed E-state index contributed by atoms with van der Waals surface area (Å²) in [5.41, 5.74) is 1.36. The minimum Gasteiger partial charge on any atom is -0.454 e. The first-order chi connectivity index (χ1) is 14.2. The molecular weight excluding hydrogens is 394 g/mol. The Balaban J connectivity index is 1.33. The summed E-state index contributed by atoms with van der Waals surface area (Å²) < 4.78 is 16.7. The number of benzene rings is 2. The molecule has 2 aliphatic rings. The first kappa shape index (κ1) is 18.0. The summed E-state index contributed by atoms with van der Waals surface area (Å²) in [7, 11) is 0. The molecule has 148 valence electrons. The fraction of sp³-hybridized carbons (Fsp3) is 0.286. The van der Waals surface area contributed by atoms with Gasteiger partial charge in [0.15, 0.2) is 11.5 Å². The highest BCUT2D eigenvalue weighted by Gasteiger charge is 2.29. The van der Waals surface area contributed by atoms with Crippen LogP contribution in [0.1, 0.15) is 35.0 Å². The van der Waals surface area contributed by atoms with Crippen molar-refractivity contribution in [1.82, 2.24) is 15.1 Å². The highest BCUT2D eigenvalue weighted by molar-refractivity contribution is 6.30. The highest BCUT2D eigenvalue weighted by atomic mass is 35.5. The third kappa shape index (κ3) is 3.53. The average molecular weight is 412 g/mol. The first-order valence-electron chi connectivity index (χ1n) is 9.45. The van der Waals surface area contributed by atoms with Gasteiger partial charge in [-0.25, -0.2) is 0 Å². The van der Waals surface area contributed by atoms with Crippen LogP contribution in [0, 0.1) is 0 Å². The maximum Gasteiger partial charge on any atom is 0.253 e. The predicted molar refractivity (Wildman–Crippen MR) is 105 cm³/mol. The third-order valence-corrected chi connectivity index (χ3v) is 5.42. The molecular formula is C21H18ClN3O4. The second kappa shape index (κ2) is 7.40. The minimum absolute atomic E-state index is 0.00199. The molecule has 3 aromatic rings. The van der Waals surface area contributed by atoms with Crippen molar-refractivity contribution in [2.75, 3.05) is 19.9 Å². The lowest BCUT2D eigenvalue weighted by Crippen LogP contribution is -2.39. The summed E-state index contributed by atoms with van der Waals surface area (Å²) >= 11 is 6.03. The number of likely N-dealkylation sites (tertiary alicyclic amines) is 1. The SMILES string of the molecule is O=C(c1cccc(Cl)c1)N1CCC[C@H](c2nnc(-c3ccc4c(c3)OCO4)o2)C1. The lowest BCUT2D eigenvalue weighted by atomic mass is 9.97. The molecule has 1 aromatic heterocycles. The highest BCUT2D eigenvalue weighted by Crippen LogP contribution is 2.36. The van der Waals surface area contributed by atoms with Crippen LogP contribution in [0.25, 0.3) is 11.5 Å². The molecule has 7 nitrogen and oxygen atoms in total. The number of hydrogen-bond acceptors (Lipinski definition) is 6. The smallest absolute Gasteiger partial charge is 0.253 e. The van der Waals surface area contributed by atoms with Crippen LogP contribution in [0.4, 0.5) is 0 Å². The monoisotopic (exact) mass is 411 g/mol. The zero-order chi connectivity index (χ0) is 19.8. The minimum atomic E-state index is -0.0345. The Hall–Kier alpha value is -3.06. The van der Waals surface area contributed by atoms with Crippen molar-refractivity contribution in [1.29, 1.82) is 0 Å². The molecule has 2 aromatic carbocycles. The third-order valence-electron chi connectivity index (χ3n) is 5.19. The topological polar surface area (TPSA) is 77.7 Å². The summed E-state index contributed by atoms with van der Waals surface area (Å²) in [5, 5.41) is 8.99. The molecule has 8 heteroatoms. The van der Waals surface area contributed by atoms with Gasteiger partial charge < -0.3 is 18.8 Å². The first-order valence-corrected chi connectivity index (χ1v) is 9.83. The van der Waals surface area contributed by atoms with Gasteiger partial charge in [0.1, 0.15) is 0 Å². The van der Waals surface area contributed by atoms with Crippen molar-refractivity contribution in [3.8, 4) is 23.0 Å². The van der Waals surface area contributed by atoms with Crippen molar-refractivity contribution in [3.63, 3.8) is 0 Å². The number of carbonyl (C=O) groups is 1. The molecule has 0 bridgehead atoms. The number of fused-ring (bicyclic) bond motifs is 1. The summed E-state index contributed by atoms with van der Waals surface area (Å²) in [5.74, 6) is 2.31. The Morgan fingerprint density at radius 2 is 2.00 bits per heavy atom. The van der Waals surface area contributed by atoms with Gasteiger partial charge in [-0.3, -0.25) is 4.79 Å². The molecule has 1 saturated heterocycles. The molecule has 5 rings (SSSR count).